The van der Waals surface area contributed by atoms with E-state index in [2.05, 4.69) is 5.32 Å². The van der Waals surface area contributed by atoms with E-state index in [4.69, 9.17) is 10.5 Å². The molecule has 5 heteroatoms. The van der Waals surface area contributed by atoms with Gasteiger partial charge in [-0.2, -0.15) is 0 Å². The van der Waals surface area contributed by atoms with E-state index in [1.54, 1.807) is 12.1 Å². The van der Waals surface area contributed by atoms with Crippen LogP contribution >= 0.6 is 0 Å². The van der Waals surface area contributed by atoms with Crippen LogP contribution in [0, 0.1) is 18.8 Å². The van der Waals surface area contributed by atoms with Crippen molar-refractivity contribution in [1.82, 2.24) is 0 Å². The van der Waals surface area contributed by atoms with E-state index in [9.17, 15) is 9.59 Å². The Balaban J connectivity index is 2.96. The highest BCUT2D eigenvalue weighted by atomic mass is 16.5. The fraction of sp³-hybridized carbons (Fsp3) is 0.500. The highest BCUT2D eigenvalue weighted by Gasteiger charge is 2.21. The minimum absolute atomic E-state index is 0.166. The van der Waals surface area contributed by atoms with Crippen LogP contribution in [0.2, 0.25) is 0 Å². The Morgan fingerprint density at radius 1 is 1.33 bits per heavy atom. The minimum atomic E-state index is -0.470. The van der Waals surface area contributed by atoms with Gasteiger partial charge in [0.2, 0.25) is 5.91 Å². The van der Waals surface area contributed by atoms with Crippen LogP contribution in [-0.2, 0) is 9.53 Å². The predicted octanol–water partition coefficient (Wildman–Crippen LogP) is 2.34. The summed E-state index contributed by atoms with van der Waals surface area (Å²) in [5.74, 6) is -0.526. The summed E-state index contributed by atoms with van der Waals surface area (Å²) in [6, 6.07) is 5.24. The van der Waals surface area contributed by atoms with Crippen LogP contribution in [0.25, 0.3) is 0 Å². The first-order chi connectivity index (χ1) is 9.88. The van der Waals surface area contributed by atoms with Gasteiger partial charge in [0.05, 0.1) is 24.3 Å². The molecule has 0 spiro atoms. The van der Waals surface area contributed by atoms with Gasteiger partial charge in [-0.05, 0) is 31.4 Å². The van der Waals surface area contributed by atoms with E-state index in [1.165, 1.54) is 7.11 Å². The Bertz CT molecular complexity index is 512. The molecular formula is C16H24N2O3. The average Bonchev–Trinajstić information content (AvgIpc) is 2.45. The number of hydrogen-bond acceptors (Lipinski definition) is 4. The number of amides is 1. The van der Waals surface area contributed by atoms with Crippen LogP contribution in [0.4, 0.5) is 5.69 Å². The molecule has 0 bridgehead atoms. The maximum atomic E-state index is 12.3. The van der Waals surface area contributed by atoms with Crippen molar-refractivity contribution in [2.45, 2.75) is 27.2 Å². The molecule has 3 N–H and O–H groups in total. The highest BCUT2D eigenvalue weighted by molar-refractivity contribution is 6.02. The van der Waals surface area contributed by atoms with Crippen molar-refractivity contribution >= 4 is 17.6 Å². The summed E-state index contributed by atoms with van der Waals surface area (Å²) in [7, 11) is 1.32. The molecule has 21 heavy (non-hydrogen) atoms. The third-order valence-corrected chi connectivity index (χ3v) is 3.25. The van der Waals surface area contributed by atoms with Gasteiger partial charge >= 0.3 is 5.97 Å². The Morgan fingerprint density at radius 3 is 2.52 bits per heavy atom. The monoisotopic (exact) mass is 292 g/mol. The number of nitrogens with two attached hydrogens (primary N) is 1. The molecule has 0 radical (unpaired) electrons. The average molecular weight is 292 g/mol. The lowest BCUT2D eigenvalue weighted by Crippen LogP contribution is -2.31. The lowest BCUT2D eigenvalue weighted by Gasteiger charge is -2.18. The second-order valence-electron chi connectivity index (χ2n) is 5.59. The van der Waals surface area contributed by atoms with Crippen molar-refractivity contribution < 1.29 is 14.3 Å². The first-order valence-electron chi connectivity index (χ1n) is 7.09. The Kier molecular flexibility index (Phi) is 6.37. The number of carbonyl (C=O) groups excluding carboxylic acids is 2. The molecule has 0 fully saturated rings. The van der Waals surface area contributed by atoms with Crippen molar-refractivity contribution in [2.75, 3.05) is 19.0 Å². The number of ether oxygens (including phenoxy) is 1. The second-order valence-corrected chi connectivity index (χ2v) is 5.59. The van der Waals surface area contributed by atoms with Crippen molar-refractivity contribution in [2.24, 2.45) is 17.6 Å². The van der Waals surface area contributed by atoms with E-state index < -0.39 is 5.97 Å². The van der Waals surface area contributed by atoms with Gasteiger partial charge in [0.15, 0.2) is 0 Å². The van der Waals surface area contributed by atoms with Crippen LogP contribution in [0.15, 0.2) is 18.2 Å². The maximum absolute atomic E-state index is 12.3. The van der Waals surface area contributed by atoms with Crippen molar-refractivity contribution in [3.8, 4) is 0 Å². The van der Waals surface area contributed by atoms with E-state index in [0.29, 0.717) is 23.6 Å². The largest absolute Gasteiger partial charge is 0.465 e. The molecule has 0 aliphatic carbocycles. The Labute approximate surface area is 125 Å². The van der Waals surface area contributed by atoms with Crippen LogP contribution in [0.5, 0.6) is 0 Å². The van der Waals surface area contributed by atoms with Crippen molar-refractivity contribution in [3.63, 3.8) is 0 Å². The zero-order valence-electron chi connectivity index (χ0n) is 13.1. The van der Waals surface area contributed by atoms with Gasteiger partial charge in [-0.25, -0.2) is 4.79 Å². The number of hydrogen-bond donors (Lipinski definition) is 2. The van der Waals surface area contributed by atoms with E-state index in [1.807, 2.05) is 26.8 Å². The van der Waals surface area contributed by atoms with Gasteiger partial charge in [-0.3, -0.25) is 4.79 Å². The molecule has 0 aromatic heterocycles. The molecule has 0 aliphatic rings. The minimum Gasteiger partial charge on any atom is -0.465 e. The third kappa shape index (κ3) is 4.86. The van der Waals surface area contributed by atoms with Crippen molar-refractivity contribution in [1.29, 1.82) is 0 Å². The summed E-state index contributed by atoms with van der Waals surface area (Å²) < 4.78 is 4.75. The Hall–Kier alpha value is -1.88. The molecule has 0 heterocycles. The fourth-order valence-electron chi connectivity index (χ4n) is 2.16. The number of nitrogens with one attached hydrogen (secondary N) is 1. The van der Waals surface area contributed by atoms with Gasteiger partial charge < -0.3 is 15.8 Å². The number of methoxy groups -OCH3 is 1. The number of esters is 1. The third-order valence-electron chi connectivity index (χ3n) is 3.25. The van der Waals surface area contributed by atoms with Gasteiger partial charge in [0, 0.05) is 6.54 Å². The molecule has 1 rings (SSSR count). The summed E-state index contributed by atoms with van der Waals surface area (Å²) >= 11 is 0. The fourth-order valence-corrected chi connectivity index (χ4v) is 2.16. The van der Waals surface area contributed by atoms with E-state index >= 15 is 0 Å². The summed E-state index contributed by atoms with van der Waals surface area (Å²) in [6.45, 7) is 6.24. The predicted molar refractivity (Wildman–Crippen MR) is 83.1 cm³/mol. The molecule has 116 valence electrons. The first-order valence-corrected chi connectivity index (χ1v) is 7.09. The summed E-state index contributed by atoms with van der Waals surface area (Å²) in [5.41, 5.74) is 7.40. The topological polar surface area (TPSA) is 81.4 Å². The zero-order chi connectivity index (χ0) is 16.0. The molecule has 0 saturated carbocycles. The van der Waals surface area contributed by atoms with Crippen LogP contribution < -0.4 is 11.1 Å². The lowest BCUT2D eigenvalue weighted by molar-refractivity contribution is -0.120. The van der Waals surface area contributed by atoms with Crippen LogP contribution in [0.1, 0.15) is 36.2 Å². The van der Waals surface area contributed by atoms with Gasteiger partial charge in [-0.1, -0.05) is 25.5 Å². The van der Waals surface area contributed by atoms with Crippen LogP contribution in [0.3, 0.4) is 0 Å². The van der Waals surface area contributed by atoms with Crippen molar-refractivity contribution in [3.05, 3.63) is 29.3 Å². The molecule has 5 nitrogen and oxygen atoms in total. The molecule has 1 aromatic rings. The SMILES string of the molecule is COC(=O)c1cc(C)ccc1NC(=O)C(CN)CC(C)C. The van der Waals surface area contributed by atoms with Gasteiger partial charge in [-0.15, -0.1) is 0 Å². The normalized spacial score (nSPS) is 12.1. The van der Waals surface area contributed by atoms with E-state index in [-0.39, 0.29) is 18.4 Å². The zero-order valence-corrected chi connectivity index (χ0v) is 13.1. The number of aryl methyl sites for hydroxylation is 1. The lowest BCUT2D eigenvalue weighted by atomic mass is 9.96. The maximum Gasteiger partial charge on any atom is 0.339 e. The smallest absolute Gasteiger partial charge is 0.339 e. The second kappa shape index (κ2) is 7.78. The molecule has 0 aliphatic heterocycles. The van der Waals surface area contributed by atoms with Crippen LogP contribution in [-0.4, -0.2) is 25.5 Å². The van der Waals surface area contributed by atoms with Gasteiger partial charge in [0.1, 0.15) is 0 Å². The summed E-state index contributed by atoms with van der Waals surface area (Å²) in [6.07, 6.45) is 0.710. The Morgan fingerprint density at radius 2 is 2.00 bits per heavy atom. The molecule has 1 atom stereocenters. The summed E-state index contributed by atoms with van der Waals surface area (Å²) in [5, 5.41) is 2.79. The molecule has 1 unspecified atom stereocenters. The molecule has 0 saturated heterocycles. The highest BCUT2D eigenvalue weighted by Crippen LogP contribution is 2.20. The quantitative estimate of drug-likeness (QED) is 0.788. The van der Waals surface area contributed by atoms with E-state index in [0.717, 1.165) is 5.56 Å². The molecule has 1 amide bonds. The number of rotatable bonds is 6. The molecule has 1 aromatic carbocycles. The standard InChI is InChI=1S/C16H24N2O3/c1-10(2)7-12(9-17)15(19)18-14-6-5-11(3)8-13(14)16(20)21-4/h5-6,8,10,12H,7,9,17H2,1-4H3,(H,18,19). The number of carbonyl (C=O) groups is 2. The van der Waals surface area contributed by atoms with Gasteiger partial charge in [0.25, 0.3) is 0 Å². The summed E-state index contributed by atoms with van der Waals surface area (Å²) in [4.78, 5) is 24.1. The first kappa shape index (κ1) is 17.2. The number of anilines is 1. The molecular weight excluding hydrogens is 268 g/mol. The number of benzene rings is 1.